The van der Waals surface area contributed by atoms with Crippen molar-refractivity contribution in [2.45, 2.75) is 69.6 Å². The highest BCUT2D eigenvalue weighted by atomic mass is 16.5. The van der Waals surface area contributed by atoms with Crippen molar-refractivity contribution in [2.75, 3.05) is 13.2 Å². The molecule has 1 aliphatic heterocycles. The zero-order chi connectivity index (χ0) is 24.7. The molecule has 0 spiro atoms. The second kappa shape index (κ2) is 11.6. The Hall–Kier alpha value is -2.98. The predicted octanol–water partition coefficient (Wildman–Crippen LogP) is 6.84. The number of carboxylic acids is 1. The van der Waals surface area contributed by atoms with Gasteiger partial charge in [0.25, 0.3) is 0 Å². The molecule has 35 heavy (non-hydrogen) atoms. The molecule has 0 saturated carbocycles. The zero-order valence-electron chi connectivity index (χ0n) is 20.7. The molecule has 184 valence electrons. The maximum absolute atomic E-state index is 13.1. The monoisotopic (exact) mass is 472 g/mol. The molecule has 4 heteroatoms. The van der Waals surface area contributed by atoms with E-state index in [0.29, 0.717) is 32.0 Å². The van der Waals surface area contributed by atoms with Crippen molar-refractivity contribution in [1.82, 2.24) is 0 Å². The minimum absolute atomic E-state index is 0.0263. The lowest BCUT2D eigenvalue weighted by molar-refractivity contribution is -0.140. The number of unbranched alkanes of at least 4 members (excludes halogenated alkanes) is 1. The van der Waals surface area contributed by atoms with E-state index in [0.717, 1.165) is 24.8 Å². The van der Waals surface area contributed by atoms with Crippen LogP contribution in [-0.2, 0) is 26.2 Å². The smallest absolute Gasteiger partial charge is 0.303 e. The van der Waals surface area contributed by atoms with Crippen molar-refractivity contribution in [3.8, 4) is 0 Å². The molecule has 0 aromatic heterocycles. The van der Waals surface area contributed by atoms with Crippen molar-refractivity contribution in [3.63, 3.8) is 0 Å². The Morgan fingerprint density at radius 1 is 0.914 bits per heavy atom. The maximum Gasteiger partial charge on any atom is 0.303 e. The van der Waals surface area contributed by atoms with Gasteiger partial charge in [0.05, 0.1) is 11.8 Å². The minimum atomic E-state index is -0.925. The number of benzene rings is 3. The number of aliphatic carboxylic acids is 1. The second-order valence-corrected chi connectivity index (χ2v) is 9.92. The van der Waals surface area contributed by atoms with Crippen LogP contribution >= 0.6 is 0 Å². The molecule has 0 bridgehead atoms. The molecule has 0 aliphatic carbocycles. The first-order chi connectivity index (χ1) is 17.0. The van der Waals surface area contributed by atoms with Crippen LogP contribution in [0.2, 0.25) is 0 Å². The molecule has 4 nitrogen and oxygen atoms in total. The summed E-state index contributed by atoms with van der Waals surface area (Å²) in [5.74, 6) is -0.377. The van der Waals surface area contributed by atoms with Crippen LogP contribution in [0.1, 0.15) is 74.5 Å². The molecule has 1 atom stereocenters. The molecule has 0 unspecified atom stereocenters. The fourth-order valence-corrected chi connectivity index (χ4v) is 5.51. The highest BCUT2D eigenvalue weighted by molar-refractivity contribution is 5.92. The number of fused-ring (bicyclic) bond motifs is 1. The number of Topliss-reactive ketones (excluding diaryl/α,β-unsaturated/α-hetero) is 1. The summed E-state index contributed by atoms with van der Waals surface area (Å²) in [7, 11) is 0. The first-order valence-corrected chi connectivity index (χ1v) is 12.9. The first kappa shape index (κ1) is 25.1. The van der Waals surface area contributed by atoms with Crippen LogP contribution in [0.5, 0.6) is 0 Å². The van der Waals surface area contributed by atoms with E-state index in [4.69, 9.17) is 9.84 Å². The van der Waals surface area contributed by atoms with Gasteiger partial charge in [0.1, 0.15) is 5.78 Å². The number of carbonyl (C=O) groups is 2. The molecule has 1 heterocycles. The van der Waals surface area contributed by atoms with Crippen LogP contribution in [-0.4, -0.2) is 30.1 Å². The van der Waals surface area contributed by atoms with Gasteiger partial charge < -0.3 is 9.84 Å². The number of aryl methyl sites for hydroxylation is 1. The van der Waals surface area contributed by atoms with Gasteiger partial charge in [-0.2, -0.15) is 0 Å². The van der Waals surface area contributed by atoms with Crippen LogP contribution in [0.4, 0.5) is 0 Å². The average molecular weight is 473 g/mol. The number of carboxylic acid groups (broad SMARTS) is 1. The van der Waals surface area contributed by atoms with Crippen LogP contribution in [0.15, 0.2) is 66.7 Å². The summed E-state index contributed by atoms with van der Waals surface area (Å²) in [6.45, 7) is 3.40. The van der Waals surface area contributed by atoms with E-state index in [-0.39, 0.29) is 18.6 Å². The zero-order valence-corrected chi connectivity index (χ0v) is 20.7. The first-order valence-electron chi connectivity index (χ1n) is 12.9. The maximum atomic E-state index is 13.1. The summed E-state index contributed by atoms with van der Waals surface area (Å²) in [5.41, 5.74) is 3.11. The van der Waals surface area contributed by atoms with Gasteiger partial charge in [0.15, 0.2) is 0 Å². The van der Waals surface area contributed by atoms with Gasteiger partial charge in [0.2, 0.25) is 0 Å². The van der Waals surface area contributed by atoms with Crippen LogP contribution in [0.3, 0.4) is 0 Å². The molecule has 0 radical (unpaired) electrons. The predicted molar refractivity (Wildman–Crippen MR) is 140 cm³/mol. The summed E-state index contributed by atoms with van der Waals surface area (Å²) in [4.78, 5) is 24.1. The van der Waals surface area contributed by atoms with Crippen molar-refractivity contribution in [1.29, 1.82) is 0 Å². The summed E-state index contributed by atoms with van der Waals surface area (Å²) < 4.78 is 5.52. The number of rotatable bonds is 11. The van der Waals surface area contributed by atoms with Crippen LogP contribution in [0, 0.1) is 0 Å². The number of ether oxygens (including phenoxy) is 1. The normalized spacial score (nSPS) is 16.1. The summed E-state index contributed by atoms with van der Waals surface area (Å²) >= 11 is 0. The molecule has 4 rings (SSSR count). The van der Waals surface area contributed by atoms with E-state index < -0.39 is 11.4 Å². The number of ketones is 1. The largest absolute Gasteiger partial charge is 0.481 e. The third-order valence-electron chi connectivity index (χ3n) is 7.66. The summed E-state index contributed by atoms with van der Waals surface area (Å²) in [6.07, 6.45) is 5.68. The Bertz CT molecular complexity index is 1140. The molecule has 3 aromatic rings. The van der Waals surface area contributed by atoms with E-state index in [2.05, 4.69) is 73.7 Å². The van der Waals surface area contributed by atoms with Gasteiger partial charge >= 0.3 is 5.97 Å². The molecule has 1 N–H and O–H groups in total. The minimum Gasteiger partial charge on any atom is -0.481 e. The van der Waals surface area contributed by atoms with Crippen molar-refractivity contribution < 1.29 is 19.4 Å². The molecule has 0 amide bonds. The third kappa shape index (κ3) is 5.99. The number of hydrogen-bond donors (Lipinski definition) is 1. The van der Waals surface area contributed by atoms with E-state index in [1.807, 2.05) is 0 Å². The Morgan fingerprint density at radius 2 is 1.63 bits per heavy atom. The summed E-state index contributed by atoms with van der Waals surface area (Å²) in [6, 6.07) is 23.7. The highest BCUT2D eigenvalue weighted by Gasteiger charge is 2.41. The topological polar surface area (TPSA) is 63.6 Å². The standard InChI is InChI=1S/C31H36O4/c1-23(27-12-6-10-25-9-4-5-11-28(25)27)7-2-3-8-24-13-15-26(16-14-24)31(19-21-35-22-20-31)29(32)17-18-30(33)34/h4-6,9-16,23H,2-3,7-8,17-22H2,1H3,(H,33,34)/t23-/m0/s1. The Labute approximate surface area is 208 Å². The molecular formula is C31H36O4. The lowest BCUT2D eigenvalue weighted by Gasteiger charge is -2.36. The van der Waals surface area contributed by atoms with E-state index in [1.165, 1.54) is 28.3 Å². The van der Waals surface area contributed by atoms with Gasteiger partial charge in [-0.1, -0.05) is 80.1 Å². The fraction of sp³-hybridized carbons (Fsp3) is 0.419. The van der Waals surface area contributed by atoms with Gasteiger partial charge in [-0.25, -0.2) is 0 Å². The molecule has 1 saturated heterocycles. The fourth-order valence-electron chi connectivity index (χ4n) is 5.51. The van der Waals surface area contributed by atoms with Gasteiger partial charge in [-0.05, 0) is 65.5 Å². The van der Waals surface area contributed by atoms with Crippen molar-refractivity contribution >= 4 is 22.5 Å². The van der Waals surface area contributed by atoms with Gasteiger partial charge in [-0.3, -0.25) is 9.59 Å². The third-order valence-corrected chi connectivity index (χ3v) is 7.66. The van der Waals surface area contributed by atoms with Gasteiger partial charge in [-0.15, -0.1) is 0 Å². The van der Waals surface area contributed by atoms with Crippen LogP contribution < -0.4 is 0 Å². The number of carbonyl (C=O) groups excluding carboxylic acids is 1. The Morgan fingerprint density at radius 3 is 2.37 bits per heavy atom. The molecular weight excluding hydrogens is 436 g/mol. The SMILES string of the molecule is C[C@@H](CCCCc1ccc(C2(C(=O)CCC(=O)O)CCOCC2)cc1)c1cccc2ccccc12. The number of hydrogen-bond acceptors (Lipinski definition) is 3. The van der Waals surface area contributed by atoms with Crippen molar-refractivity contribution in [2.24, 2.45) is 0 Å². The molecule has 1 aliphatic rings. The highest BCUT2D eigenvalue weighted by Crippen LogP contribution is 2.37. The Balaban J connectivity index is 1.34. The second-order valence-electron chi connectivity index (χ2n) is 9.92. The van der Waals surface area contributed by atoms with E-state index in [1.54, 1.807) is 0 Å². The van der Waals surface area contributed by atoms with Gasteiger partial charge in [0, 0.05) is 19.6 Å². The lowest BCUT2D eigenvalue weighted by Crippen LogP contribution is -2.41. The molecule has 3 aromatic carbocycles. The summed E-state index contributed by atoms with van der Waals surface area (Å²) in [5, 5.41) is 11.7. The quantitative estimate of drug-likeness (QED) is 0.310. The van der Waals surface area contributed by atoms with Crippen LogP contribution in [0.25, 0.3) is 10.8 Å². The lowest BCUT2D eigenvalue weighted by atomic mass is 9.69. The van der Waals surface area contributed by atoms with E-state index >= 15 is 0 Å². The average Bonchev–Trinajstić information content (AvgIpc) is 2.90. The molecule has 1 fully saturated rings. The van der Waals surface area contributed by atoms with E-state index in [9.17, 15) is 9.59 Å². The Kier molecular flexibility index (Phi) is 8.35. The van der Waals surface area contributed by atoms with Crippen molar-refractivity contribution in [3.05, 3.63) is 83.4 Å².